The number of rotatable bonds is 7. The molecule has 0 aromatic carbocycles. The summed E-state index contributed by atoms with van der Waals surface area (Å²) in [5.74, 6) is 1.83. The van der Waals surface area contributed by atoms with Crippen LogP contribution in [0.5, 0.6) is 11.8 Å². The maximum absolute atomic E-state index is 13.4. The van der Waals surface area contributed by atoms with Crippen LogP contribution in [0.3, 0.4) is 0 Å². The zero-order valence-electron chi connectivity index (χ0n) is 21.7. The number of ether oxygens (including phenoxy) is 2. The van der Waals surface area contributed by atoms with Gasteiger partial charge in [-0.25, -0.2) is 4.98 Å². The molecule has 1 saturated heterocycles. The van der Waals surface area contributed by atoms with Crippen LogP contribution in [-0.4, -0.2) is 62.6 Å². The van der Waals surface area contributed by atoms with E-state index in [1.54, 1.807) is 7.11 Å². The van der Waals surface area contributed by atoms with Gasteiger partial charge in [0.1, 0.15) is 17.0 Å². The fraction of sp³-hybridized carbons (Fsp3) is 0.464. The van der Waals surface area contributed by atoms with Crippen molar-refractivity contribution < 1.29 is 14.3 Å². The van der Waals surface area contributed by atoms with Crippen molar-refractivity contribution in [1.29, 1.82) is 0 Å². The number of pyridine rings is 2. The van der Waals surface area contributed by atoms with E-state index in [-0.39, 0.29) is 11.9 Å². The standard InChI is InChI=1S/C28H34N6O3/c1-4-37-24-10-9-19-12-22(33(27(19)31-24)15-18-7-8-18)26-17(2)34-23(30-26)13-20(14-25(34)36-3)28(35)32-11-5-6-21(29)16-32/h9-10,12-14,18,21H,4-8,11,15-16,29H2,1-3H3. The Labute approximate surface area is 216 Å². The average molecular weight is 503 g/mol. The second-order valence-corrected chi connectivity index (χ2v) is 10.3. The van der Waals surface area contributed by atoms with E-state index >= 15 is 0 Å². The minimum Gasteiger partial charge on any atom is -0.482 e. The normalized spacial score (nSPS) is 18.1. The number of likely N-dealkylation sites (tertiary alicyclic amines) is 1. The zero-order valence-corrected chi connectivity index (χ0v) is 21.7. The molecule has 6 rings (SSSR count). The Morgan fingerprint density at radius 2 is 2.00 bits per heavy atom. The Hall–Kier alpha value is -3.59. The highest BCUT2D eigenvalue weighted by atomic mass is 16.5. The molecule has 2 N–H and O–H groups in total. The van der Waals surface area contributed by atoms with Crippen molar-refractivity contribution >= 4 is 22.6 Å². The number of amides is 1. The Kier molecular flexibility index (Phi) is 6.03. The van der Waals surface area contributed by atoms with Gasteiger partial charge in [0.05, 0.1) is 25.1 Å². The molecule has 2 fully saturated rings. The minimum absolute atomic E-state index is 0.0221. The van der Waals surface area contributed by atoms with E-state index in [1.807, 2.05) is 41.3 Å². The van der Waals surface area contributed by atoms with Crippen LogP contribution in [0.25, 0.3) is 28.1 Å². The first kappa shape index (κ1) is 23.8. The second kappa shape index (κ2) is 9.37. The number of imidazole rings is 1. The summed E-state index contributed by atoms with van der Waals surface area (Å²) in [6.07, 6.45) is 4.33. The van der Waals surface area contributed by atoms with Crippen molar-refractivity contribution in [3.8, 4) is 23.1 Å². The molecule has 1 unspecified atom stereocenters. The third-order valence-corrected chi connectivity index (χ3v) is 7.51. The maximum atomic E-state index is 13.4. The Bertz CT molecular complexity index is 1480. The first-order valence-electron chi connectivity index (χ1n) is 13.2. The topological polar surface area (TPSA) is 99.9 Å². The van der Waals surface area contributed by atoms with Crippen molar-refractivity contribution in [2.24, 2.45) is 11.7 Å². The number of methoxy groups -OCH3 is 1. The molecule has 0 radical (unpaired) electrons. The van der Waals surface area contributed by atoms with Gasteiger partial charge in [-0.05, 0) is 63.6 Å². The lowest BCUT2D eigenvalue weighted by Gasteiger charge is -2.30. The lowest BCUT2D eigenvalue weighted by molar-refractivity contribution is 0.0708. The van der Waals surface area contributed by atoms with E-state index in [2.05, 4.69) is 16.7 Å². The van der Waals surface area contributed by atoms with Crippen LogP contribution in [0.15, 0.2) is 30.3 Å². The van der Waals surface area contributed by atoms with Crippen LogP contribution in [0.2, 0.25) is 0 Å². The summed E-state index contributed by atoms with van der Waals surface area (Å²) in [6, 6.07) is 9.83. The second-order valence-electron chi connectivity index (χ2n) is 10.3. The summed E-state index contributed by atoms with van der Waals surface area (Å²) < 4.78 is 15.7. The highest BCUT2D eigenvalue weighted by Crippen LogP contribution is 2.37. The third kappa shape index (κ3) is 4.31. The highest BCUT2D eigenvalue weighted by Gasteiger charge is 2.28. The molecule has 9 heteroatoms. The van der Waals surface area contributed by atoms with Crippen molar-refractivity contribution in [1.82, 2.24) is 23.8 Å². The monoisotopic (exact) mass is 502 g/mol. The molecular formula is C28H34N6O3. The number of aromatic nitrogens is 4. The number of hydrogen-bond acceptors (Lipinski definition) is 6. The number of aryl methyl sites for hydroxylation is 1. The van der Waals surface area contributed by atoms with E-state index in [4.69, 9.17) is 25.2 Å². The SMILES string of the molecule is CCOc1ccc2cc(-c3nc4cc(C(=O)N5CCCC(N)C5)cc(OC)n4c3C)n(CC3CC3)c2n1. The van der Waals surface area contributed by atoms with Gasteiger partial charge in [0.25, 0.3) is 5.91 Å². The number of fused-ring (bicyclic) bond motifs is 2. The number of nitrogens with zero attached hydrogens (tertiary/aromatic N) is 5. The summed E-state index contributed by atoms with van der Waals surface area (Å²) in [4.78, 5) is 25.1. The molecule has 4 aromatic heterocycles. The van der Waals surface area contributed by atoms with Crippen LogP contribution < -0.4 is 15.2 Å². The summed E-state index contributed by atoms with van der Waals surface area (Å²) in [5, 5.41) is 1.06. The Morgan fingerprint density at radius 3 is 2.73 bits per heavy atom. The molecule has 37 heavy (non-hydrogen) atoms. The molecule has 4 aromatic rings. The smallest absolute Gasteiger partial charge is 0.254 e. The minimum atomic E-state index is -0.0337. The summed E-state index contributed by atoms with van der Waals surface area (Å²) >= 11 is 0. The molecule has 1 amide bonds. The van der Waals surface area contributed by atoms with E-state index in [0.717, 1.165) is 54.0 Å². The van der Waals surface area contributed by atoms with Crippen molar-refractivity contribution in [3.63, 3.8) is 0 Å². The predicted octanol–water partition coefficient (Wildman–Crippen LogP) is 4.04. The van der Waals surface area contributed by atoms with Gasteiger partial charge in [-0.3, -0.25) is 9.20 Å². The molecule has 2 aliphatic rings. The number of nitrogens with two attached hydrogens (primary N) is 1. The third-order valence-electron chi connectivity index (χ3n) is 7.51. The van der Waals surface area contributed by atoms with E-state index < -0.39 is 0 Å². The fourth-order valence-corrected chi connectivity index (χ4v) is 5.45. The van der Waals surface area contributed by atoms with E-state index in [0.29, 0.717) is 42.0 Å². The Morgan fingerprint density at radius 1 is 1.16 bits per heavy atom. The quantitative estimate of drug-likeness (QED) is 0.409. The molecule has 1 atom stereocenters. The summed E-state index contributed by atoms with van der Waals surface area (Å²) in [5.41, 5.74) is 11.1. The van der Waals surface area contributed by atoms with Gasteiger partial charge in [-0.15, -0.1) is 0 Å². The fourth-order valence-electron chi connectivity index (χ4n) is 5.45. The average Bonchev–Trinajstić information content (AvgIpc) is 3.57. The zero-order chi connectivity index (χ0) is 25.7. The summed E-state index contributed by atoms with van der Waals surface area (Å²) in [6.45, 7) is 6.77. The lowest BCUT2D eigenvalue weighted by atomic mass is 10.1. The first-order chi connectivity index (χ1) is 18.0. The molecule has 1 saturated carbocycles. The molecular weight excluding hydrogens is 468 g/mol. The molecule has 5 heterocycles. The van der Waals surface area contributed by atoms with Crippen LogP contribution >= 0.6 is 0 Å². The van der Waals surface area contributed by atoms with Gasteiger partial charge in [0, 0.05) is 48.8 Å². The van der Waals surface area contributed by atoms with Crippen molar-refractivity contribution in [2.45, 2.75) is 52.1 Å². The molecule has 1 aliphatic carbocycles. The van der Waals surface area contributed by atoms with E-state index in [9.17, 15) is 4.79 Å². The Balaban J connectivity index is 1.47. The molecule has 9 nitrogen and oxygen atoms in total. The predicted molar refractivity (Wildman–Crippen MR) is 142 cm³/mol. The lowest BCUT2D eigenvalue weighted by Crippen LogP contribution is -2.45. The van der Waals surface area contributed by atoms with Gasteiger partial charge in [0.15, 0.2) is 5.88 Å². The molecule has 194 valence electrons. The van der Waals surface area contributed by atoms with E-state index in [1.165, 1.54) is 12.8 Å². The van der Waals surface area contributed by atoms with Gasteiger partial charge in [-0.1, -0.05) is 0 Å². The first-order valence-corrected chi connectivity index (χ1v) is 13.2. The van der Waals surface area contributed by atoms with Crippen LogP contribution in [0.4, 0.5) is 0 Å². The number of piperidine rings is 1. The van der Waals surface area contributed by atoms with Gasteiger partial charge >= 0.3 is 0 Å². The van der Waals surface area contributed by atoms with Gasteiger partial charge in [-0.2, -0.15) is 4.98 Å². The number of hydrogen-bond donors (Lipinski definition) is 1. The van der Waals surface area contributed by atoms with Gasteiger partial charge < -0.3 is 24.7 Å². The summed E-state index contributed by atoms with van der Waals surface area (Å²) in [7, 11) is 1.63. The van der Waals surface area contributed by atoms with Crippen LogP contribution in [-0.2, 0) is 6.54 Å². The number of carbonyl (C=O) groups excluding carboxylic acids is 1. The van der Waals surface area contributed by atoms with Crippen LogP contribution in [0, 0.1) is 12.8 Å². The van der Waals surface area contributed by atoms with Crippen molar-refractivity contribution in [2.75, 3.05) is 26.8 Å². The highest BCUT2D eigenvalue weighted by molar-refractivity contribution is 5.96. The van der Waals surface area contributed by atoms with Crippen molar-refractivity contribution in [3.05, 3.63) is 41.6 Å². The maximum Gasteiger partial charge on any atom is 0.254 e. The van der Waals surface area contributed by atoms with Gasteiger partial charge in [0.2, 0.25) is 5.88 Å². The largest absolute Gasteiger partial charge is 0.482 e. The number of carbonyl (C=O) groups is 1. The molecule has 0 spiro atoms. The van der Waals surface area contributed by atoms with Crippen LogP contribution in [0.1, 0.15) is 48.7 Å². The molecule has 0 bridgehead atoms. The molecule has 1 aliphatic heterocycles.